The zero-order valence-corrected chi connectivity index (χ0v) is 6.60. The van der Waals surface area contributed by atoms with Crippen molar-refractivity contribution < 1.29 is 9.53 Å². The number of amides is 1. The van der Waals surface area contributed by atoms with Crippen LogP contribution in [0.2, 0.25) is 0 Å². The van der Waals surface area contributed by atoms with Crippen LogP contribution in [0.5, 0.6) is 5.75 Å². The Morgan fingerprint density at radius 1 is 1.62 bits per heavy atom. The van der Waals surface area contributed by atoms with Crippen molar-refractivity contribution in [3.05, 3.63) is 6.20 Å². The molecular formula is C6H7N5O2. The van der Waals surface area contributed by atoms with Crippen LogP contribution in [0.3, 0.4) is 0 Å². The van der Waals surface area contributed by atoms with Gasteiger partial charge in [-0.1, -0.05) is 0 Å². The number of aromatic nitrogens is 2. The smallest absolute Gasteiger partial charge is 0.280 e. The highest BCUT2D eigenvalue weighted by atomic mass is 16.5. The van der Waals surface area contributed by atoms with Crippen LogP contribution in [-0.4, -0.2) is 22.5 Å². The molecule has 7 nitrogen and oxygen atoms in total. The summed E-state index contributed by atoms with van der Waals surface area (Å²) in [4.78, 5) is 18.5. The molecule has 1 aliphatic heterocycles. The Labute approximate surface area is 73.3 Å². The number of carbonyl (C=O) groups excluding carboxylic acids is 1. The van der Waals surface area contributed by atoms with Gasteiger partial charge in [0, 0.05) is 0 Å². The van der Waals surface area contributed by atoms with Gasteiger partial charge in [-0.2, -0.15) is 4.98 Å². The van der Waals surface area contributed by atoms with Crippen LogP contribution in [0, 0.1) is 0 Å². The molecule has 2 rings (SSSR count). The van der Waals surface area contributed by atoms with Crippen molar-refractivity contribution in [1.82, 2.24) is 9.97 Å². The van der Waals surface area contributed by atoms with Crippen LogP contribution in [0.15, 0.2) is 6.20 Å². The summed E-state index contributed by atoms with van der Waals surface area (Å²) in [5.74, 6) is 5.65. The molecule has 2 heterocycles. The average Bonchev–Trinajstić information content (AvgIpc) is 2.12. The van der Waals surface area contributed by atoms with E-state index in [0.29, 0.717) is 5.75 Å². The van der Waals surface area contributed by atoms with Gasteiger partial charge in [0.1, 0.15) is 0 Å². The molecule has 1 aliphatic rings. The number of anilines is 2. The van der Waals surface area contributed by atoms with E-state index >= 15 is 0 Å². The van der Waals surface area contributed by atoms with Gasteiger partial charge in [0.05, 0.1) is 6.20 Å². The number of fused-ring (bicyclic) bond motifs is 1. The minimum Gasteiger partial charge on any atom is -0.478 e. The minimum atomic E-state index is -0.370. The molecule has 68 valence electrons. The number of nitrogens with two attached hydrogens (primary N) is 2. The van der Waals surface area contributed by atoms with Crippen LogP contribution < -0.4 is 21.3 Å². The van der Waals surface area contributed by atoms with E-state index in [1.165, 1.54) is 6.20 Å². The largest absolute Gasteiger partial charge is 0.478 e. The number of rotatable bonds is 0. The Bertz CT molecular complexity index is 366. The van der Waals surface area contributed by atoms with Crippen molar-refractivity contribution >= 4 is 17.7 Å². The van der Waals surface area contributed by atoms with E-state index in [2.05, 4.69) is 9.97 Å². The highest BCUT2D eigenvalue weighted by molar-refractivity contribution is 5.95. The third-order valence-electron chi connectivity index (χ3n) is 1.60. The predicted octanol–water partition coefficient (Wildman–Crippen LogP) is -1.34. The summed E-state index contributed by atoms with van der Waals surface area (Å²) >= 11 is 0. The van der Waals surface area contributed by atoms with Gasteiger partial charge in [0.2, 0.25) is 5.95 Å². The summed E-state index contributed by atoms with van der Waals surface area (Å²) in [6.45, 7) is -0.100. The molecule has 1 aromatic heterocycles. The molecule has 0 aliphatic carbocycles. The molecule has 13 heavy (non-hydrogen) atoms. The lowest BCUT2D eigenvalue weighted by Gasteiger charge is -2.23. The lowest BCUT2D eigenvalue weighted by atomic mass is 10.4. The second-order valence-electron chi connectivity index (χ2n) is 2.47. The molecule has 7 heteroatoms. The summed E-state index contributed by atoms with van der Waals surface area (Å²) in [6, 6.07) is 0. The Morgan fingerprint density at radius 2 is 2.38 bits per heavy atom. The number of hydrogen-bond acceptors (Lipinski definition) is 6. The van der Waals surface area contributed by atoms with E-state index in [4.69, 9.17) is 16.3 Å². The fraction of sp³-hybridized carbons (Fsp3) is 0.167. The average molecular weight is 181 g/mol. The Morgan fingerprint density at radius 3 is 3.15 bits per heavy atom. The van der Waals surface area contributed by atoms with Gasteiger partial charge in [-0.3, -0.25) is 4.79 Å². The summed E-state index contributed by atoms with van der Waals surface area (Å²) < 4.78 is 5.01. The van der Waals surface area contributed by atoms with Crippen molar-refractivity contribution in [3.63, 3.8) is 0 Å². The molecule has 0 saturated carbocycles. The molecule has 0 bridgehead atoms. The van der Waals surface area contributed by atoms with Crippen LogP contribution in [-0.2, 0) is 4.79 Å². The van der Waals surface area contributed by atoms with E-state index in [1.54, 1.807) is 0 Å². The van der Waals surface area contributed by atoms with Crippen molar-refractivity contribution in [2.24, 2.45) is 5.84 Å². The van der Waals surface area contributed by atoms with Crippen LogP contribution in [0.4, 0.5) is 11.8 Å². The second kappa shape index (κ2) is 2.56. The first-order valence-electron chi connectivity index (χ1n) is 3.51. The third kappa shape index (κ3) is 1.14. The SMILES string of the molecule is Nc1ncc2c(n1)N(N)C(=O)CO2. The van der Waals surface area contributed by atoms with Crippen LogP contribution in [0.25, 0.3) is 0 Å². The fourth-order valence-corrected chi connectivity index (χ4v) is 0.977. The molecule has 0 radical (unpaired) electrons. The first-order chi connectivity index (χ1) is 6.18. The van der Waals surface area contributed by atoms with Crippen molar-refractivity contribution in [2.45, 2.75) is 0 Å². The highest BCUT2D eigenvalue weighted by Crippen LogP contribution is 2.26. The normalized spacial score (nSPS) is 15.2. The molecule has 1 amide bonds. The van der Waals surface area contributed by atoms with Gasteiger partial charge in [-0.25, -0.2) is 15.8 Å². The number of hydrogen-bond donors (Lipinski definition) is 2. The maximum absolute atomic E-state index is 11.0. The van der Waals surface area contributed by atoms with Gasteiger partial charge in [-0.05, 0) is 0 Å². The van der Waals surface area contributed by atoms with E-state index < -0.39 is 0 Å². The number of nitrogens with zero attached hydrogens (tertiary/aromatic N) is 3. The molecule has 0 fully saturated rings. The maximum atomic E-state index is 11.0. The van der Waals surface area contributed by atoms with Crippen LogP contribution in [0.1, 0.15) is 0 Å². The summed E-state index contributed by atoms with van der Waals surface area (Å²) in [5, 5.41) is 0.900. The molecule has 4 N–H and O–H groups in total. The minimum absolute atomic E-state index is 0.0486. The zero-order chi connectivity index (χ0) is 9.42. The summed E-state index contributed by atoms with van der Waals surface area (Å²) in [7, 11) is 0. The number of carbonyl (C=O) groups is 1. The van der Waals surface area contributed by atoms with Gasteiger partial charge >= 0.3 is 0 Å². The second-order valence-corrected chi connectivity index (χ2v) is 2.47. The Balaban J connectivity index is 2.51. The maximum Gasteiger partial charge on any atom is 0.280 e. The first-order valence-corrected chi connectivity index (χ1v) is 3.51. The Kier molecular flexibility index (Phi) is 1.52. The molecule has 0 unspecified atom stereocenters. The highest BCUT2D eigenvalue weighted by Gasteiger charge is 2.24. The van der Waals surface area contributed by atoms with Crippen LogP contribution >= 0.6 is 0 Å². The van der Waals surface area contributed by atoms with E-state index in [0.717, 1.165) is 5.01 Å². The lowest BCUT2D eigenvalue weighted by Crippen LogP contribution is -2.44. The van der Waals surface area contributed by atoms with Gasteiger partial charge in [-0.15, -0.1) is 0 Å². The molecular weight excluding hydrogens is 174 g/mol. The summed E-state index contributed by atoms with van der Waals surface area (Å²) in [6.07, 6.45) is 1.38. The monoisotopic (exact) mass is 181 g/mol. The molecule has 0 saturated heterocycles. The number of hydrazine groups is 1. The van der Waals surface area contributed by atoms with Gasteiger partial charge in [0.25, 0.3) is 5.91 Å². The van der Waals surface area contributed by atoms with Gasteiger partial charge < -0.3 is 10.5 Å². The lowest BCUT2D eigenvalue weighted by molar-refractivity contribution is -0.121. The van der Waals surface area contributed by atoms with Crippen molar-refractivity contribution in [1.29, 1.82) is 0 Å². The number of ether oxygens (including phenoxy) is 1. The van der Waals surface area contributed by atoms with E-state index in [-0.39, 0.29) is 24.3 Å². The van der Waals surface area contributed by atoms with E-state index in [1.807, 2.05) is 0 Å². The summed E-state index contributed by atoms with van der Waals surface area (Å²) in [5.41, 5.74) is 5.32. The van der Waals surface area contributed by atoms with Crippen molar-refractivity contribution in [2.75, 3.05) is 17.3 Å². The number of nitrogen functional groups attached to an aromatic ring is 1. The zero-order valence-electron chi connectivity index (χ0n) is 6.60. The van der Waals surface area contributed by atoms with Crippen molar-refractivity contribution in [3.8, 4) is 5.75 Å². The molecule has 0 spiro atoms. The van der Waals surface area contributed by atoms with Gasteiger partial charge in [0.15, 0.2) is 18.2 Å². The topological polar surface area (TPSA) is 107 Å². The molecule has 0 atom stereocenters. The Hall–Kier alpha value is -1.89. The molecule has 1 aromatic rings. The molecule has 0 aromatic carbocycles. The quantitative estimate of drug-likeness (QED) is 0.378. The fourth-order valence-electron chi connectivity index (χ4n) is 0.977. The third-order valence-corrected chi connectivity index (χ3v) is 1.60. The standard InChI is InChI=1S/C6H7N5O2/c7-6-9-1-3-5(10-6)11(8)4(12)2-13-3/h1H,2,8H2,(H2,7,9,10). The van der Waals surface area contributed by atoms with E-state index in [9.17, 15) is 4.79 Å². The predicted molar refractivity (Wildman–Crippen MR) is 43.6 cm³/mol. The first kappa shape index (κ1) is 7.74.